The number of hydrogen-bond donors (Lipinski definition) is 1. The van der Waals surface area contributed by atoms with Gasteiger partial charge in [-0.05, 0) is 38.3 Å². The van der Waals surface area contributed by atoms with Crippen molar-refractivity contribution in [3.05, 3.63) is 29.3 Å². The molecule has 0 spiro atoms. The second-order valence-corrected chi connectivity index (χ2v) is 5.00. The molecule has 94 valence electrons. The summed E-state index contributed by atoms with van der Waals surface area (Å²) in [5, 5.41) is 3.37. The molecule has 1 N–H and O–H groups in total. The van der Waals surface area contributed by atoms with Crippen LogP contribution < -0.4 is 10.1 Å². The van der Waals surface area contributed by atoms with Crippen molar-refractivity contribution in [3.63, 3.8) is 0 Å². The van der Waals surface area contributed by atoms with Crippen molar-refractivity contribution in [2.24, 2.45) is 5.92 Å². The van der Waals surface area contributed by atoms with E-state index in [0.29, 0.717) is 0 Å². The molecular weight excluding hydrogens is 210 g/mol. The van der Waals surface area contributed by atoms with Gasteiger partial charge in [0, 0.05) is 12.1 Å². The molecule has 1 aromatic carbocycles. The van der Waals surface area contributed by atoms with E-state index in [1.807, 2.05) is 0 Å². The highest BCUT2D eigenvalue weighted by atomic mass is 16.5. The van der Waals surface area contributed by atoms with Crippen LogP contribution in [0.4, 0.5) is 0 Å². The molecule has 2 nitrogen and oxygen atoms in total. The van der Waals surface area contributed by atoms with E-state index in [1.54, 1.807) is 0 Å². The molecule has 0 saturated heterocycles. The van der Waals surface area contributed by atoms with E-state index >= 15 is 0 Å². The predicted octanol–water partition coefficient (Wildman–Crippen LogP) is 3.28. The van der Waals surface area contributed by atoms with Gasteiger partial charge in [0.25, 0.3) is 0 Å². The molecule has 0 bridgehead atoms. The topological polar surface area (TPSA) is 21.3 Å². The Morgan fingerprint density at radius 3 is 2.82 bits per heavy atom. The molecular formula is C15H23NO. The molecule has 1 fully saturated rings. The Kier molecular flexibility index (Phi) is 4.43. The Morgan fingerprint density at radius 1 is 1.35 bits per heavy atom. The molecule has 0 unspecified atom stereocenters. The molecule has 1 saturated carbocycles. The molecule has 0 radical (unpaired) electrons. The van der Waals surface area contributed by atoms with Crippen molar-refractivity contribution >= 4 is 0 Å². The van der Waals surface area contributed by atoms with Gasteiger partial charge in [0.2, 0.25) is 0 Å². The summed E-state index contributed by atoms with van der Waals surface area (Å²) in [7, 11) is 0. The minimum atomic E-state index is 0.795. The van der Waals surface area contributed by atoms with E-state index < -0.39 is 0 Å². The first-order valence-corrected chi connectivity index (χ1v) is 6.72. The SMILES string of the molecule is CCNCc1cc(C)ccc1OCC1CCC1. The van der Waals surface area contributed by atoms with Crippen LogP contribution in [0.1, 0.15) is 37.3 Å². The largest absolute Gasteiger partial charge is 0.493 e. The van der Waals surface area contributed by atoms with Crippen LogP contribution in [0.5, 0.6) is 5.75 Å². The number of aryl methyl sites for hydroxylation is 1. The second-order valence-electron chi connectivity index (χ2n) is 5.00. The highest BCUT2D eigenvalue weighted by molar-refractivity contribution is 5.36. The van der Waals surface area contributed by atoms with Crippen LogP contribution in [-0.4, -0.2) is 13.2 Å². The summed E-state index contributed by atoms with van der Waals surface area (Å²) in [6.45, 7) is 7.05. The molecule has 2 heteroatoms. The second kappa shape index (κ2) is 6.06. The molecule has 17 heavy (non-hydrogen) atoms. The van der Waals surface area contributed by atoms with Crippen LogP contribution in [0.2, 0.25) is 0 Å². The zero-order valence-corrected chi connectivity index (χ0v) is 11.0. The van der Waals surface area contributed by atoms with Crippen molar-refractivity contribution in [1.29, 1.82) is 0 Å². The summed E-state index contributed by atoms with van der Waals surface area (Å²) in [4.78, 5) is 0. The third kappa shape index (κ3) is 3.47. The van der Waals surface area contributed by atoms with Gasteiger partial charge in [-0.1, -0.05) is 31.0 Å². The van der Waals surface area contributed by atoms with Crippen LogP contribution >= 0.6 is 0 Å². The van der Waals surface area contributed by atoms with E-state index in [4.69, 9.17) is 4.74 Å². The summed E-state index contributed by atoms with van der Waals surface area (Å²) in [5.41, 5.74) is 2.58. The lowest BCUT2D eigenvalue weighted by Gasteiger charge is -2.25. The summed E-state index contributed by atoms with van der Waals surface area (Å²) in [6, 6.07) is 6.46. The van der Waals surface area contributed by atoms with E-state index in [-0.39, 0.29) is 0 Å². The normalized spacial score (nSPS) is 15.6. The van der Waals surface area contributed by atoms with Crippen LogP contribution in [-0.2, 0) is 6.54 Å². The van der Waals surface area contributed by atoms with Crippen LogP contribution in [0.25, 0.3) is 0 Å². The first-order valence-electron chi connectivity index (χ1n) is 6.72. The Hall–Kier alpha value is -1.02. The van der Waals surface area contributed by atoms with Crippen molar-refractivity contribution in [2.75, 3.05) is 13.2 Å². The minimum absolute atomic E-state index is 0.795. The van der Waals surface area contributed by atoms with Gasteiger partial charge in [0.1, 0.15) is 5.75 Å². The van der Waals surface area contributed by atoms with E-state index in [1.165, 1.54) is 30.4 Å². The first kappa shape index (κ1) is 12.4. The van der Waals surface area contributed by atoms with Crippen LogP contribution in [0, 0.1) is 12.8 Å². The fraction of sp³-hybridized carbons (Fsp3) is 0.600. The van der Waals surface area contributed by atoms with Crippen molar-refractivity contribution in [1.82, 2.24) is 5.32 Å². The molecule has 0 aliphatic heterocycles. The first-order chi connectivity index (χ1) is 8.29. The van der Waals surface area contributed by atoms with Gasteiger partial charge in [-0.2, -0.15) is 0 Å². The third-order valence-corrected chi connectivity index (χ3v) is 3.48. The summed E-state index contributed by atoms with van der Waals surface area (Å²) in [5.74, 6) is 1.85. The zero-order valence-electron chi connectivity index (χ0n) is 11.0. The van der Waals surface area contributed by atoms with Gasteiger partial charge in [0.05, 0.1) is 6.61 Å². The van der Waals surface area contributed by atoms with Crippen LogP contribution in [0.3, 0.4) is 0 Å². The molecule has 2 rings (SSSR count). The average Bonchev–Trinajstić information content (AvgIpc) is 2.26. The van der Waals surface area contributed by atoms with Gasteiger partial charge in [0.15, 0.2) is 0 Å². The quantitative estimate of drug-likeness (QED) is 0.814. The Labute approximate surface area is 104 Å². The van der Waals surface area contributed by atoms with Crippen molar-refractivity contribution in [2.45, 2.75) is 39.7 Å². The van der Waals surface area contributed by atoms with E-state index in [9.17, 15) is 0 Å². The molecule has 0 amide bonds. The lowest BCUT2D eigenvalue weighted by Crippen LogP contribution is -2.20. The number of ether oxygens (including phenoxy) is 1. The highest BCUT2D eigenvalue weighted by Crippen LogP contribution is 2.28. The number of rotatable bonds is 6. The third-order valence-electron chi connectivity index (χ3n) is 3.48. The highest BCUT2D eigenvalue weighted by Gasteiger charge is 2.18. The Morgan fingerprint density at radius 2 is 2.18 bits per heavy atom. The molecule has 1 aliphatic rings. The monoisotopic (exact) mass is 233 g/mol. The Balaban J connectivity index is 1.97. The molecule has 0 heterocycles. The number of nitrogens with one attached hydrogen (secondary N) is 1. The fourth-order valence-corrected chi connectivity index (χ4v) is 2.11. The predicted molar refractivity (Wildman–Crippen MR) is 71.4 cm³/mol. The number of benzene rings is 1. The maximum Gasteiger partial charge on any atom is 0.123 e. The standard InChI is InChI=1S/C15H23NO/c1-3-16-10-14-9-12(2)7-8-15(14)17-11-13-5-4-6-13/h7-9,13,16H,3-6,10-11H2,1-2H3. The molecule has 1 aliphatic carbocycles. The molecule has 0 aromatic heterocycles. The van der Waals surface area contributed by atoms with E-state index in [2.05, 4.69) is 37.4 Å². The Bertz CT molecular complexity index is 358. The molecule has 1 aromatic rings. The summed E-state index contributed by atoms with van der Waals surface area (Å²) in [6.07, 6.45) is 4.06. The lowest BCUT2D eigenvalue weighted by atomic mass is 9.86. The van der Waals surface area contributed by atoms with Gasteiger partial charge in [-0.25, -0.2) is 0 Å². The zero-order chi connectivity index (χ0) is 12.1. The van der Waals surface area contributed by atoms with E-state index in [0.717, 1.165) is 31.4 Å². The van der Waals surface area contributed by atoms with Gasteiger partial charge >= 0.3 is 0 Å². The van der Waals surface area contributed by atoms with Gasteiger partial charge in [-0.3, -0.25) is 0 Å². The summed E-state index contributed by atoms with van der Waals surface area (Å²) < 4.78 is 5.95. The summed E-state index contributed by atoms with van der Waals surface area (Å²) >= 11 is 0. The smallest absolute Gasteiger partial charge is 0.123 e. The van der Waals surface area contributed by atoms with Gasteiger partial charge < -0.3 is 10.1 Å². The minimum Gasteiger partial charge on any atom is -0.493 e. The van der Waals surface area contributed by atoms with Crippen molar-refractivity contribution < 1.29 is 4.74 Å². The maximum atomic E-state index is 5.95. The average molecular weight is 233 g/mol. The fourth-order valence-electron chi connectivity index (χ4n) is 2.11. The maximum absolute atomic E-state index is 5.95. The number of hydrogen-bond acceptors (Lipinski definition) is 2. The molecule has 0 atom stereocenters. The lowest BCUT2D eigenvalue weighted by molar-refractivity contribution is 0.179. The van der Waals surface area contributed by atoms with Gasteiger partial charge in [-0.15, -0.1) is 0 Å². The van der Waals surface area contributed by atoms with Crippen molar-refractivity contribution in [3.8, 4) is 5.75 Å². The van der Waals surface area contributed by atoms with Crippen LogP contribution in [0.15, 0.2) is 18.2 Å².